The number of aliphatic hydroxyl groups excluding tert-OH is 2. The molecule has 0 aliphatic heterocycles. The fourth-order valence-corrected chi connectivity index (χ4v) is 9.02. The highest BCUT2D eigenvalue weighted by molar-refractivity contribution is 5.76. The van der Waals surface area contributed by atoms with Crippen LogP contribution in [0.2, 0.25) is 0 Å². The van der Waals surface area contributed by atoms with Gasteiger partial charge in [0.2, 0.25) is 5.91 Å². The van der Waals surface area contributed by atoms with Crippen molar-refractivity contribution in [3.8, 4) is 0 Å². The third-order valence-electron chi connectivity index (χ3n) is 13.5. The Bertz CT molecular complexity index is 1010. The fraction of sp³-hybridized carbons (Fsp3) is 0.898. The molecule has 384 valence electrons. The summed E-state index contributed by atoms with van der Waals surface area (Å²) >= 11 is 0. The van der Waals surface area contributed by atoms with E-state index in [4.69, 9.17) is 4.74 Å². The summed E-state index contributed by atoms with van der Waals surface area (Å²) in [6.45, 7) is 4.93. The summed E-state index contributed by atoms with van der Waals surface area (Å²) < 4.78 is 5.46. The molecule has 0 fully saturated rings. The van der Waals surface area contributed by atoms with Crippen LogP contribution >= 0.6 is 0 Å². The average molecular weight is 917 g/mol. The summed E-state index contributed by atoms with van der Waals surface area (Å²) in [6, 6.07) is -0.553. The van der Waals surface area contributed by atoms with E-state index in [1.807, 2.05) is 0 Å². The predicted octanol–water partition coefficient (Wildman–Crippen LogP) is 17.9. The molecule has 0 aromatic rings. The topological polar surface area (TPSA) is 95.9 Å². The van der Waals surface area contributed by atoms with Crippen LogP contribution in [0.25, 0.3) is 0 Å². The molecule has 0 saturated carbocycles. The van der Waals surface area contributed by atoms with Gasteiger partial charge in [0.25, 0.3) is 0 Å². The lowest BCUT2D eigenvalue weighted by molar-refractivity contribution is -0.143. The third kappa shape index (κ3) is 51.6. The number of hydrogen-bond donors (Lipinski definition) is 3. The second-order valence-corrected chi connectivity index (χ2v) is 20.0. The number of ether oxygens (including phenoxy) is 1. The lowest BCUT2D eigenvalue weighted by Gasteiger charge is -2.22. The molecule has 0 aliphatic rings. The lowest BCUT2D eigenvalue weighted by Crippen LogP contribution is -2.45. The zero-order chi connectivity index (χ0) is 47.2. The fourth-order valence-electron chi connectivity index (χ4n) is 9.02. The van der Waals surface area contributed by atoms with E-state index < -0.39 is 12.1 Å². The summed E-state index contributed by atoms with van der Waals surface area (Å²) in [7, 11) is 0. The second-order valence-electron chi connectivity index (χ2n) is 20.0. The maximum atomic E-state index is 12.5. The van der Waals surface area contributed by atoms with Crippen molar-refractivity contribution in [2.75, 3.05) is 13.2 Å². The second kappa shape index (κ2) is 54.9. The molecule has 0 bridgehead atoms. The van der Waals surface area contributed by atoms with Crippen LogP contribution in [0.15, 0.2) is 24.3 Å². The maximum absolute atomic E-state index is 12.5. The van der Waals surface area contributed by atoms with Gasteiger partial charge in [-0.3, -0.25) is 9.59 Å². The van der Waals surface area contributed by atoms with Crippen LogP contribution in [0.1, 0.15) is 316 Å². The number of rotatable bonds is 54. The van der Waals surface area contributed by atoms with Gasteiger partial charge >= 0.3 is 5.97 Å². The van der Waals surface area contributed by atoms with Crippen LogP contribution in [0.3, 0.4) is 0 Å². The molecule has 3 N–H and O–H groups in total. The van der Waals surface area contributed by atoms with Crippen molar-refractivity contribution in [3.63, 3.8) is 0 Å². The van der Waals surface area contributed by atoms with Gasteiger partial charge < -0.3 is 20.3 Å². The summed E-state index contributed by atoms with van der Waals surface area (Å²) in [6.07, 6.45) is 66.0. The van der Waals surface area contributed by atoms with Crippen molar-refractivity contribution in [1.29, 1.82) is 0 Å². The number of amides is 1. The molecule has 0 saturated heterocycles. The van der Waals surface area contributed by atoms with E-state index in [9.17, 15) is 19.8 Å². The molecule has 0 rings (SSSR count). The van der Waals surface area contributed by atoms with Gasteiger partial charge in [0.05, 0.1) is 25.4 Å². The minimum Gasteiger partial charge on any atom is -0.466 e. The molecule has 0 aromatic carbocycles. The Morgan fingerprint density at radius 2 is 0.769 bits per heavy atom. The van der Waals surface area contributed by atoms with Crippen LogP contribution in [0, 0.1) is 0 Å². The van der Waals surface area contributed by atoms with Crippen molar-refractivity contribution in [2.45, 2.75) is 328 Å². The molecule has 0 aliphatic carbocycles. The van der Waals surface area contributed by atoms with Gasteiger partial charge in [0.15, 0.2) is 0 Å². The average Bonchev–Trinajstić information content (AvgIpc) is 3.31. The number of carbonyl (C=O) groups is 2. The van der Waals surface area contributed by atoms with Crippen molar-refractivity contribution >= 4 is 11.9 Å². The zero-order valence-electron chi connectivity index (χ0n) is 43.7. The first-order chi connectivity index (χ1) is 32.0. The Hall–Kier alpha value is -1.66. The Labute approximate surface area is 405 Å². The lowest BCUT2D eigenvalue weighted by atomic mass is 10.0. The molecule has 0 heterocycles. The Morgan fingerprint density at radius 1 is 0.431 bits per heavy atom. The van der Waals surface area contributed by atoms with Crippen LogP contribution in [-0.4, -0.2) is 47.4 Å². The van der Waals surface area contributed by atoms with Crippen LogP contribution < -0.4 is 5.32 Å². The molecular formula is C59H113NO5. The van der Waals surface area contributed by atoms with Gasteiger partial charge in [0.1, 0.15) is 0 Å². The largest absolute Gasteiger partial charge is 0.466 e. The SMILES string of the molecule is CCCCCCCCCCCCCCCCCCC(O)C(CO)NC(=O)CCCCCCCCC/C=C\C/C=C\CCCCCOC(=O)CCCCCCCCCCCCCCCCC. The van der Waals surface area contributed by atoms with Crippen LogP contribution in [0.4, 0.5) is 0 Å². The highest BCUT2D eigenvalue weighted by Gasteiger charge is 2.20. The Kier molecular flexibility index (Phi) is 53.5. The summed E-state index contributed by atoms with van der Waals surface area (Å²) in [4.78, 5) is 24.5. The predicted molar refractivity (Wildman–Crippen MR) is 283 cm³/mol. The smallest absolute Gasteiger partial charge is 0.305 e. The first kappa shape index (κ1) is 63.3. The number of hydrogen-bond acceptors (Lipinski definition) is 5. The van der Waals surface area contributed by atoms with Crippen LogP contribution in [0.5, 0.6) is 0 Å². The van der Waals surface area contributed by atoms with Crippen molar-refractivity contribution in [2.24, 2.45) is 0 Å². The number of carbonyl (C=O) groups excluding carboxylic acids is 2. The van der Waals surface area contributed by atoms with Crippen LogP contribution in [-0.2, 0) is 14.3 Å². The number of unbranched alkanes of at least 4 members (excludes halogenated alkanes) is 39. The van der Waals surface area contributed by atoms with E-state index in [-0.39, 0.29) is 18.5 Å². The van der Waals surface area contributed by atoms with Crippen molar-refractivity contribution in [1.82, 2.24) is 5.32 Å². The zero-order valence-corrected chi connectivity index (χ0v) is 43.7. The standard InChI is InChI=1S/C59H113NO5/c1-3-5-7-9-11-13-15-17-19-24-27-31-35-39-43-47-51-57(62)56(55-61)60-58(63)52-48-44-40-36-32-28-25-21-20-22-26-30-34-38-42-46-50-54-65-59(64)53-49-45-41-37-33-29-23-18-16-14-12-10-8-6-4-2/h20,22,30,34,56-57,61-62H,3-19,21,23-29,31-33,35-55H2,1-2H3,(H,60,63)/b22-20-,34-30-. The van der Waals surface area contributed by atoms with Gasteiger partial charge in [-0.15, -0.1) is 0 Å². The van der Waals surface area contributed by atoms with Crippen molar-refractivity contribution < 1.29 is 24.5 Å². The summed E-state index contributed by atoms with van der Waals surface area (Å²) in [5.74, 6) is -0.0616. The molecule has 2 atom stereocenters. The molecule has 0 radical (unpaired) electrons. The third-order valence-corrected chi connectivity index (χ3v) is 13.5. The molecular weight excluding hydrogens is 803 g/mol. The van der Waals surface area contributed by atoms with Gasteiger partial charge in [-0.2, -0.15) is 0 Å². The van der Waals surface area contributed by atoms with Gasteiger partial charge in [-0.25, -0.2) is 0 Å². The van der Waals surface area contributed by atoms with E-state index >= 15 is 0 Å². The Balaban J connectivity index is 3.48. The van der Waals surface area contributed by atoms with Crippen molar-refractivity contribution in [3.05, 3.63) is 24.3 Å². The van der Waals surface area contributed by atoms with E-state index in [1.165, 1.54) is 199 Å². The number of aliphatic hydroxyl groups is 2. The van der Waals surface area contributed by atoms with E-state index in [2.05, 4.69) is 43.5 Å². The van der Waals surface area contributed by atoms with E-state index in [0.29, 0.717) is 25.9 Å². The highest BCUT2D eigenvalue weighted by atomic mass is 16.5. The molecule has 6 nitrogen and oxygen atoms in total. The molecule has 0 spiro atoms. The maximum Gasteiger partial charge on any atom is 0.305 e. The highest BCUT2D eigenvalue weighted by Crippen LogP contribution is 2.17. The number of allylic oxidation sites excluding steroid dienone is 4. The minimum atomic E-state index is -0.674. The molecule has 6 heteroatoms. The van der Waals surface area contributed by atoms with Gasteiger partial charge in [-0.1, -0.05) is 263 Å². The normalized spacial score (nSPS) is 12.7. The van der Waals surface area contributed by atoms with Gasteiger partial charge in [-0.05, 0) is 64.2 Å². The van der Waals surface area contributed by atoms with Gasteiger partial charge in [0, 0.05) is 12.8 Å². The summed E-state index contributed by atoms with van der Waals surface area (Å²) in [5.41, 5.74) is 0. The first-order valence-electron chi connectivity index (χ1n) is 29.1. The number of nitrogens with one attached hydrogen (secondary N) is 1. The first-order valence-corrected chi connectivity index (χ1v) is 29.1. The Morgan fingerprint density at radius 3 is 1.17 bits per heavy atom. The molecule has 1 amide bonds. The van der Waals surface area contributed by atoms with E-state index in [0.717, 1.165) is 83.5 Å². The molecule has 0 aromatic heterocycles. The summed E-state index contributed by atoms with van der Waals surface area (Å²) in [5, 5.41) is 23.3. The molecule has 65 heavy (non-hydrogen) atoms. The monoisotopic (exact) mass is 916 g/mol. The number of esters is 1. The molecule has 2 unspecified atom stereocenters. The quantitative estimate of drug-likeness (QED) is 0.0321. The minimum absolute atomic E-state index is 0.0122. The van der Waals surface area contributed by atoms with E-state index in [1.54, 1.807) is 0 Å².